The minimum atomic E-state index is -0.353. The van der Waals surface area contributed by atoms with Crippen molar-refractivity contribution in [3.63, 3.8) is 0 Å². The van der Waals surface area contributed by atoms with Crippen molar-refractivity contribution >= 4 is 42.1 Å². The molecule has 0 radical (unpaired) electrons. The molecule has 1 atom stereocenters. The predicted octanol–water partition coefficient (Wildman–Crippen LogP) is 3.98. The largest absolute Gasteiger partial charge is 0.380 e. The second kappa shape index (κ2) is 12.4. The lowest BCUT2D eigenvalue weighted by Gasteiger charge is -2.22. The fraction of sp³-hybridized carbons (Fsp3) is 0.632. The number of benzene rings is 1. The molecular formula is C19H30Cl2FN3O2. The molecule has 2 aliphatic rings. The average molecular weight is 422 g/mol. The second-order valence-electron chi connectivity index (χ2n) is 6.99. The fourth-order valence-electron chi connectivity index (χ4n) is 3.49. The molecule has 8 heteroatoms. The molecule has 2 fully saturated rings. The summed E-state index contributed by atoms with van der Waals surface area (Å²) >= 11 is 0. The molecule has 0 aromatic heterocycles. The maximum Gasteiger partial charge on any atom is 0.224 e. The Hall–Kier alpha value is -1.08. The van der Waals surface area contributed by atoms with Crippen LogP contribution >= 0.6 is 24.8 Å². The Kier molecular flexibility index (Phi) is 11.0. The molecule has 2 saturated heterocycles. The standard InChI is InChI=1S/C19H28FN3O2.2ClH/c20-17-12-15(4-5-18(17)22-13-16-2-1-11-25-16)23-19(24)6-3-14-7-9-21-10-8-14;;/h4-5,12,14,16,21-22H,1-3,6-11,13H2,(H,23,24);2*1H. The van der Waals surface area contributed by atoms with Gasteiger partial charge < -0.3 is 20.7 Å². The SMILES string of the molecule is Cl.Cl.O=C(CCC1CCNCC1)Nc1ccc(NCC2CCCO2)c(F)c1. The van der Waals surface area contributed by atoms with E-state index in [1.165, 1.54) is 6.07 Å². The summed E-state index contributed by atoms with van der Waals surface area (Å²) in [5.41, 5.74) is 0.957. The predicted molar refractivity (Wildman–Crippen MR) is 112 cm³/mol. The third-order valence-electron chi connectivity index (χ3n) is 5.04. The van der Waals surface area contributed by atoms with Gasteiger partial charge in [0.2, 0.25) is 5.91 Å². The summed E-state index contributed by atoms with van der Waals surface area (Å²) in [6.07, 6.45) is 5.90. The molecular weight excluding hydrogens is 392 g/mol. The van der Waals surface area contributed by atoms with Gasteiger partial charge in [-0.3, -0.25) is 4.79 Å². The average Bonchev–Trinajstić information content (AvgIpc) is 3.14. The van der Waals surface area contributed by atoms with Crippen molar-refractivity contribution in [3.05, 3.63) is 24.0 Å². The van der Waals surface area contributed by atoms with Crippen molar-refractivity contribution in [2.24, 2.45) is 5.92 Å². The number of halogens is 3. The zero-order valence-electron chi connectivity index (χ0n) is 15.5. The number of piperidine rings is 1. The van der Waals surface area contributed by atoms with Gasteiger partial charge in [-0.05, 0) is 69.3 Å². The van der Waals surface area contributed by atoms with Gasteiger partial charge in [0.15, 0.2) is 0 Å². The molecule has 0 spiro atoms. The Morgan fingerprint density at radius 3 is 2.67 bits per heavy atom. The van der Waals surface area contributed by atoms with Crippen molar-refractivity contribution in [2.45, 2.75) is 44.6 Å². The van der Waals surface area contributed by atoms with Gasteiger partial charge in [-0.25, -0.2) is 4.39 Å². The van der Waals surface area contributed by atoms with Crippen molar-refractivity contribution in [1.82, 2.24) is 5.32 Å². The first-order valence-corrected chi connectivity index (χ1v) is 9.36. The number of anilines is 2. The van der Waals surface area contributed by atoms with E-state index in [1.807, 2.05) is 0 Å². The first-order chi connectivity index (χ1) is 12.2. The third-order valence-corrected chi connectivity index (χ3v) is 5.04. The van der Waals surface area contributed by atoms with E-state index < -0.39 is 0 Å². The van der Waals surface area contributed by atoms with Gasteiger partial charge in [-0.15, -0.1) is 24.8 Å². The Labute approximate surface area is 173 Å². The van der Waals surface area contributed by atoms with Crippen LogP contribution in [0.15, 0.2) is 18.2 Å². The van der Waals surface area contributed by atoms with E-state index in [9.17, 15) is 9.18 Å². The van der Waals surface area contributed by atoms with E-state index in [2.05, 4.69) is 16.0 Å². The normalized spacial score (nSPS) is 19.7. The maximum absolute atomic E-state index is 14.2. The molecule has 0 saturated carbocycles. The summed E-state index contributed by atoms with van der Waals surface area (Å²) in [6, 6.07) is 4.79. The van der Waals surface area contributed by atoms with Crippen molar-refractivity contribution in [3.8, 4) is 0 Å². The molecule has 2 heterocycles. The molecule has 1 unspecified atom stereocenters. The number of carbonyl (C=O) groups excluding carboxylic acids is 1. The van der Waals surface area contributed by atoms with E-state index in [0.717, 1.165) is 51.8 Å². The van der Waals surface area contributed by atoms with Crippen molar-refractivity contribution < 1.29 is 13.9 Å². The van der Waals surface area contributed by atoms with Gasteiger partial charge in [-0.2, -0.15) is 0 Å². The second-order valence-corrected chi connectivity index (χ2v) is 6.99. The van der Waals surface area contributed by atoms with Gasteiger partial charge in [-0.1, -0.05) is 0 Å². The number of hydrogen-bond donors (Lipinski definition) is 3. The summed E-state index contributed by atoms with van der Waals surface area (Å²) in [7, 11) is 0. The highest BCUT2D eigenvalue weighted by Gasteiger charge is 2.16. The molecule has 1 aromatic rings. The summed E-state index contributed by atoms with van der Waals surface area (Å²) < 4.78 is 19.7. The lowest BCUT2D eigenvalue weighted by atomic mass is 9.93. The van der Waals surface area contributed by atoms with Gasteiger partial charge in [0.1, 0.15) is 5.82 Å². The molecule has 0 bridgehead atoms. The smallest absolute Gasteiger partial charge is 0.224 e. The lowest BCUT2D eigenvalue weighted by Crippen LogP contribution is -2.28. The minimum absolute atomic E-state index is 0. The molecule has 3 N–H and O–H groups in total. The molecule has 0 aliphatic carbocycles. The first kappa shape index (κ1) is 24.0. The topological polar surface area (TPSA) is 62.4 Å². The Morgan fingerprint density at radius 1 is 1.22 bits per heavy atom. The molecule has 27 heavy (non-hydrogen) atoms. The Balaban J connectivity index is 0.00000182. The zero-order chi connectivity index (χ0) is 17.5. The van der Waals surface area contributed by atoms with Gasteiger partial charge in [0.05, 0.1) is 11.8 Å². The summed E-state index contributed by atoms with van der Waals surface area (Å²) in [6.45, 7) is 3.48. The quantitative estimate of drug-likeness (QED) is 0.622. The Bertz CT molecular complexity index is 580. The van der Waals surface area contributed by atoms with Gasteiger partial charge >= 0.3 is 0 Å². The molecule has 1 amide bonds. The van der Waals surface area contributed by atoms with Crippen LogP contribution in [-0.2, 0) is 9.53 Å². The Morgan fingerprint density at radius 2 is 2.00 bits per heavy atom. The van der Waals surface area contributed by atoms with Crippen LogP contribution in [0.3, 0.4) is 0 Å². The van der Waals surface area contributed by atoms with Crippen LogP contribution in [0.2, 0.25) is 0 Å². The number of amides is 1. The highest BCUT2D eigenvalue weighted by Crippen LogP contribution is 2.22. The summed E-state index contributed by atoms with van der Waals surface area (Å²) in [5, 5.41) is 9.21. The summed E-state index contributed by atoms with van der Waals surface area (Å²) in [5.74, 6) is 0.222. The number of rotatable bonds is 7. The number of carbonyl (C=O) groups is 1. The van der Waals surface area contributed by atoms with Crippen LogP contribution in [0, 0.1) is 11.7 Å². The van der Waals surface area contributed by atoms with E-state index in [1.54, 1.807) is 12.1 Å². The van der Waals surface area contributed by atoms with E-state index in [-0.39, 0.29) is 42.6 Å². The van der Waals surface area contributed by atoms with E-state index >= 15 is 0 Å². The van der Waals surface area contributed by atoms with E-state index in [4.69, 9.17) is 4.74 Å². The minimum Gasteiger partial charge on any atom is -0.380 e. The van der Waals surface area contributed by atoms with Crippen LogP contribution < -0.4 is 16.0 Å². The molecule has 2 aliphatic heterocycles. The number of hydrogen-bond acceptors (Lipinski definition) is 4. The molecule has 1 aromatic carbocycles. The van der Waals surface area contributed by atoms with Crippen LogP contribution in [-0.4, -0.2) is 38.3 Å². The highest BCUT2D eigenvalue weighted by atomic mass is 35.5. The number of nitrogens with one attached hydrogen (secondary N) is 3. The van der Waals surface area contributed by atoms with Gasteiger partial charge in [0, 0.05) is 25.3 Å². The molecule has 5 nitrogen and oxygen atoms in total. The lowest BCUT2D eigenvalue weighted by molar-refractivity contribution is -0.116. The van der Waals surface area contributed by atoms with Crippen LogP contribution in [0.5, 0.6) is 0 Å². The van der Waals surface area contributed by atoms with Crippen LogP contribution in [0.4, 0.5) is 15.8 Å². The zero-order valence-corrected chi connectivity index (χ0v) is 17.1. The summed E-state index contributed by atoms with van der Waals surface area (Å²) in [4.78, 5) is 12.1. The first-order valence-electron chi connectivity index (χ1n) is 9.36. The van der Waals surface area contributed by atoms with Crippen LogP contribution in [0.25, 0.3) is 0 Å². The maximum atomic E-state index is 14.2. The molecule has 154 valence electrons. The third kappa shape index (κ3) is 7.82. The monoisotopic (exact) mass is 421 g/mol. The molecule has 3 rings (SSSR count). The highest BCUT2D eigenvalue weighted by molar-refractivity contribution is 5.90. The number of ether oxygens (including phenoxy) is 1. The van der Waals surface area contributed by atoms with Crippen LogP contribution in [0.1, 0.15) is 38.5 Å². The van der Waals surface area contributed by atoms with Crippen molar-refractivity contribution in [1.29, 1.82) is 0 Å². The van der Waals surface area contributed by atoms with Crippen molar-refractivity contribution in [2.75, 3.05) is 36.9 Å². The van der Waals surface area contributed by atoms with E-state index in [0.29, 0.717) is 30.3 Å². The van der Waals surface area contributed by atoms with Gasteiger partial charge in [0.25, 0.3) is 0 Å². The fourth-order valence-corrected chi connectivity index (χ4v) is 3.49.